The van der Waals surface area contributed by atoms with Gasteiger partial charge in [0.25, 0.3) is 0 Å². The molecule has 11 heteroatoms. The number of phosphoric acid groups is 1. The summed E-state index contributed by atoms with van der Waals surface area (Å²) in [7, 11) is -5.09. The molecule has 9 nitrogen and oxygen atoms in total. The van der Waals surface area contributed by atoms with Crippen LogP contribution in [0.4, 0.5) is 5.69 Å². The Kier molecular flexibility index (Phi) is 8.24. The van der Waals surface area contributed by atoms with E-state index >= 15 is 0 Å². The van der Waals surface area contributed by atoms with E-state index in [1.165, 1.54) is 15.8 Å². The first-order chi connectivity index (χ1) is 17.9. The highest BCUT2D eigenvalue weighted by atomic mass is 32.1. The van der Waals surface area contributed by atoms with Crippen molar-refractivity contribution in [1.82, 2.24) is 9.88 Å². The lowest BCUT2D eigenvalue weighted by Crippen LogP contribution is -2.46. The molecule has 37 heavy (non-hydrogen) atoms. The average Bonchev–Trinajstić information content (AvgIpc) is 3.37. The van der Waals surface area contributed by atoms with Crippen LogP contribution in [-0.4, -0.2) is 56.0 Å². The van der Waals surface area contributed by atoms with E-state index in [1.807, 2.05) is 18.2 Å². The first kappa shape index (κ1) is 25.9. The predicted molar refractivity (Wildman–Crippen MR) is 141 cm³/mol. The van der Waals surface area contributed by atoms with E-state index in [9.17, 15) is 14.4 Å². The zero-order valence-electron chi connectivity index (χ0n) is 20.3. The van der Waals surface area contributed by atoms with Gasteiger partial charge in [-0.15, -0.1) is 11.3 Å². The highest BCUT2D eigenvalue weighted by molar-refractivity contribution is 7.43. The minimum atomic E-state index is -5.09. The number of unbranched alkanes of at least 4 members (excludes halogenated alkanes) is 1. The Balaban J connectivity index is 1.04. The van der Waals surface area contributed by atoms with Gasteiger partial charge in [0.2, 0.25) is 5.88 Å². The molecule has 0 saturated carbocycles. The summed E-state index contributed by atoms with van der Waals surface area (Å²) in [5.74, 6) is 0.860. The molecule has 2 aromatic heterocycles. The predicted octanol–water partition coefficient (Wildman–Crippen LogP) is 3.61. The third kappa shape index (κ3) is 6.98. The van der Waals surface area contributed by atoms with Crippen molar-refractivity contribution in [1.29, 1.82) is 0 Å². The van der Waals surface area contributed by atoms with Gasteiger partial charge in [-0.05, 0) is 61.2 Å². The van der Waals surface area contributed by atoms with Crippen LogP contribution in [0.5, 0.6) is 11.6 Å². The van der Waals surface area contributed by atoms with Crippen molar-refractivity contribution in [2.45, 2.75) is 12.8 Å². The van der Waals surface area contributed by atoms with Gasteiger partial charge in [0, 0.05) is 59.5 Å². The van der Waals surface area contributed by atoms with Gasteiger partial charge in [0.1, 0.15) is 5.75 Å². The molecule has 3 heterocycles. The third-order valence-electron chi connectivity index (χ3n) is 6.38. The lowest BCUT2D eigenvalue weighted by atomic mass is 10.2. The molecule has 5 rings (SSSR count). The van der Waals surface area contributed by atoms with Crippen molar-refractivity contribution in [3.63, 3.8) is 0 Å². The fraction of sp³-hybridized carbons (Fsp3) is 0.346. The zero-order chi connectivity index (χ0) is 25.7. The summed E-state index contributed by atoms with van der Waals surface area (Å²) in [5.41, 5.74) is 1.98. The second-order valence-corrected chi connectivity index (χ2v) is 10.9. The Bertz CT molecular complexity index is 1390. The van der Waals surface area contributed by atoms with E-state index in [2.05, 4.69) is 49.0 Å². The topological polar surface area (TPSA) is 110 Å². The number of aromatic nitrogens is 1. The van der Waals surface area contributed by atoms with Crippen molar-refractivity contribution in [3.8, 4) is 11.6 Å². The van der Waals surface area contributed by atoms with E-state index in [1.54, 1.807) is 23.5 Å². The number of piperazine rings is 1. The third-order valence-corrected chi connectivity index (χ3v) is 7.68. The number of thiophene rings is 1. The summed E-state index contributed by atoms with van der Waals surface area (Å²) in [6.07, 6.45) is 2.01. The van der Waals surface area contributed by atoms with Crippen LogP contribution in [0.2, 0.25) is 0 Å². The van der Waals surface area contributed by atoms with Crippen molar-refractivity contribution in [3.05, 3.63) is 60.0 Å². The molecular weight excluding hydrogens is 513 g/mol. The summed E-state index contributed by atoms with van der Waals surface area (Å²) < 4.78 is 27.0. The number of hydrogen-bond donors (Lipinski definition) is 0. The number of ether oxygens (including phenoxy) is 2. The van der Waals surface area contributed by atoms with E-state index in [0.29, 0.717) is 17.9 Å². The van der Waals surface area contributed by atoms with E-state index in [4.69, 9.17) is 9.47 Å². The quantitative estimate of drug-likeness (QED) is 0.160. The number of rotatable bonds is 11. The molecule has 1 saturated heterocycles. The van der Waals surface area contributed by atoms with Gasteiger partial charge in [-0.2, -0.15) is 0 Å². The number of fused-ring (bicyclic) bond motifs is 2. The molecule has 0 aliphatic carbocycles. The van der Waals surface area contributed by atoms with E-state index in [-0.39, 0.29) is 5.88 Å². The molecular formula is C26H28N3O6PS-2. The summed E-state index contributed by atoms with van der Waals surface area (Å²) in [5, 5.41) is 4.40. The monoisotopic (exact) mass is 541 g/mol. The van der Waals surface area contributed by atoms with Crippen LogP contribution >= 0.6 is 19.2 Å². The normalized spacial score (nSPS) is 14.9. The molecule has 0 radical (unpaired) electrons. The molecule has 1 aliphatic heterocycles. The van der Waals surface area contributed by atoms with Crippen LogP contribution in [0.1, 0.15) is 12.8 Å². The molecule has 1 aliphatic rings. The molecule has 0 N–H and O–H groups in total. The molecule has 0 amide bonds. The van der Waals surface area contributed by atoms with Gasteiger partial charge >= 0.3 is 0 Å². The molecule has 0 bridgehead atoms. The first-order valence-electron chi connectivity index (χ1n) is 12.2. The van der Waals surface area contributed by atoms with Gasteiger partial charge < -0.3 is 33.2 Å². The first-order valence-corrected chi connectivity index (χ1v) is 14.6. The summed E-state index contributed by atoms with van der Waals surface area (Å²) in [6, 6.07) is 17.8. The van der Waals surface area contributed by atoms with Crippen molar-refractivity contribution >= 4 is 45.8 Å². The number of nitrogens with zero attached hydrogens (tertiary/aromatic N) is 3. The molecule has 0 spiro atoms. The Labute approximate surface area is 219 Å². The highest BCUT2D eigenvalue weighted by Gasteiger charge is 2.18. The number of anilines is 1. The SMILES string of the molecule is O=P([O-])([O-])OCOc1ccc2ccc(OCCCCN3CCN(c4cccc5sccc45)CC3)cc2n1. The Morgan fingerprint density at radius 1 is 0.973 bits per heavy atom. The summed E-state index contributed by atoms with van der Waals surface area (Å²) in [6.45, 7) is 5.17. The number of phosphoric ester groups is 1. The molecule has 4 aromatic rings. The standard InChI is InChI=1S/C26H30N3O6PS/c30-36(31,32)35-19-34-26-9-7-20-6-8-21(18-23(20)27-26)33-16-2-1-11-28-12-14-29(15-13-28)24-4-3-5-25-22(24)10-17-37-25/h3-10,17-18H,1-2,11-16,19H2,(H2,30,31,32)/p-2. The van der Waals surface area contributed by atoms with Gasteiger partial charge in [-0.3, -0.25) is 4.90 Å². The minimum absolute atomic E-state index is 0.158. The second kappa shape index (κ2) is 11.8. The largest absolute Gasteiger partial charge is 0.790 e. The Morgan fingerprint density at radius 2 is 1.81 bits per heavy atom. The van der Waals surface area contributed by atoms with Gasteiger partial charge in [-0.25, -0.2) is 4.98 Å². The summed E-state index contributed by atoms with van der Waals surface area (Å²) in [4.78, 5) is 30.4. The number of pyridine rings is 1. The molecule has 0 unspecified atom stereocenters. The highest BCUT2D eigenvalue weighted by Crippen LogP contribution is 2.31. The van der Waals surface area contributed by atoms with Crippen LogP contribution in [0, 0.1) is 0 Å². The van der Waals surface area contributed by atoms with E-state index < -0.39 is 14.6 Å². The maximum atomic E-state index is 10.5. The number of benzene rings is 2. The summed E-state index contributed by atoms with van der Waals surface area (Å²) >= 11 is 1.79. The van der Waals surface area contributed by atoms with Crippen LogP contribution in [0.25, 0.3) is 21.0 Å². The Hall–Kier alpha value is -2.72. The van der Waals surface area contributed by atoms with Crippen molar-refractivity contribution < 1.29 is 28.3 Å². The smallest absolute Gasteiger partial charge is 0.216 e. The lowest BCUT2D eigenvalue weighted by molar-refractivity contribution is -0.344. The fourth-order valence-electron chi connectivity index (χ4n) is 4.49. The van der Waals surface area contributed by atoms with Gasteiger partial charge in [-0.1, -0.05) is 6.07 Å². The van der Waals surface area contributed by atoms with E-state index in [0.717, 1.165) is 51.0 Å². The maximum absolute atomic E-state index is 10.5. The molecule has 196 valence electrons. The van der Waals surface area contributed by atoms with Crippen molar-refractivity contribution in [2.75, 3.05) is 51.0 Å². The average molecular weight is 542 g/mol. The van der Waals surface area contributed by atoms with Gasteiger partial charge in [0.05, 0.1) is 19.9 Å². The van der Waals surface area contributed by atoms with Crippen LogP contribution in [0.15, 0.2) is 60.0 Å². The molecule has 2 aromatic carbocycles. The number of hydrogen-bond acceptors (Lipinski definition) is 10. The van der Waals surface area contributed by atoms with Crippen LogP contribution < -0.4 is 24.2 Å². The fourth-order valence-corrected chi connectivity index (χ4v) is 5.48. The van der Waals surface area contributed by atoms with Crippen LogP contribution in [-0.2, 0) is 9.09 Å². The lowest BCUT2D eigenvalue weighted by Gasteiger charge is -2.36. The van der Waals surface area contributed by atoms with Gasteiger partial charge in [0.15, 0.2) is 6.79 Å². The molecule has 1 fully saturated rings. The Morgan fingerprint density at radius 3 is 2.65 bits per heavy atom. The zero-order valence-corrected chi connectivity index (χ0v) is 22.0. The minimum Gasteiger partial charge on any atom is -0.790 e. The van der Waals surface area contributed by atoms with Crippen LogP contribution in [0.3, 0.4) is 0 Å². The molecule has 0 atom stereocenters. The van der Waals surface area contributed by atoms with Crippen molar-refractivity contribution in [2.24, 2.45) is 0 Å². The second-order valence-electron chi connectivity index (χ2n) is 8.84. The maximum Gasteiger partial charge on any atom is 0.216 e.